The van der Waals surface area contributed by atoms with E-state index in [0.717, 1.165) is 32.1 Å². The van der Waals surface area contributed by atoms with Crippen molar-refractivity contribution >= 4 is 11.9 Å². The van der Waals surface area contributed by atoms with Gasteiger partial charge in [-0.2, -0.15) is 0 Å². The molecule has 178 valence electrons. The lowest BCUT2D eigenvalue weighted by atomic mass is 9.55. The topological polar surface area (TPSA) is 115 Å². The minimum Gasteiger partial charge on any atom is -0.508 e. The summed E-state index contributed by atoms with van der Waals surface area (Å²) in [6.45, 7) is 3.40. The van der Waals surface area contributed by atoms with Gasteiger partial charge in [-0.3, -0.25) is 4.79 Å². The van der Waals surface area contributed by atoms with Crippen LogP contribution in [0, 0.1) is 17.3 Å². The van der Waals surface area contributed by atoms with E-state index in [9.17, 15) is 15.0 Å². The average Bonchev–Trinajstić information content (AvgIpc) is 3.08. The molecule has 0 heterocycles. The summed E-state index contributed by atoms with van der Waals surface area (Å²) in [5.41, 5.74) is 3.32. The molecule has 6 nitrogen and oxygen atoms in total. The molecule has 0 amide bonds. The molecule has 0 aromatic heterocycles. The second-order valence-corrected chi connectivity index (χ2v) is 9.63. The Kier molecular flexibility index (Phi) is 7.80. The summed E-state index contributed by atoms with van der Waals surface area (Å²) in [4.78, 5) is 19.2. The van der Waals surface area contributed by atoms with Gasteiger partial charge < -0.3 is 20.4 Å². The summed E-state index contributed by atoms with van der Waals surface area (Å²) in [6.07, 6.45) is 6.78. The van der Waals surface area contributed by atoms with Gasteiger partial charge in [-0.05, 0) is 97.1 Å². The van der Waals surface area contributed by atoms with Crippen molar-refractivity contribution in [2.45, 2.75) is 64.4 Å². The summed E-state index contributed by atoms with van der Waals surface area (Å²) in [5, 5.41) is 35.9. The number of aromatic carboxylic acids is 1. The number of benzene rings is 2. The van der Waals surface area contributed by atoms with E-state index in [1.165, 1.54) is 30.4 Å². The quantitative estimate of drug-likeness (QED) is 0.477. The molecule has 0 unspecified atom stereocenters. The number of carboxylic acids is 2. The molecule has 3 aliphatic carbocycles. The number of carboxylic acid groups (broad SMARTS) is 2. The highest BCUT2D eigenvalue weighted by Gasteiger charge is 2.54. The predicted molar refractivity (Wildman–Crippen MR) is 125 cm³/mol. The van der Waals surface area contributed by atoms with Gasteiger partial charge >= 0.3 is 5.97 Å². The van der Waals surface area contributed by atoms with E-state index in [1.807, 2.05) is 12.1 Å². The summed E-state index contributed by atoms with van der Waals surface area (Å²) < 4.78 is 0. The fourth-order valence-electron chi connectivity index (χ4n) is 6.12. The summed E-state index contributed by atoms with van der Waals surface area (Å²) in [5.74, 6) is 0.776. The van der Waals surface area contributed by atoms with Crippen molar-refractivity contribution in [1.29, 1.82) is 0 Å². The number of aryl methyl sites for hydroxylation is 1. The van der Waals surface area contributed by atoms with Crippen LogP contribution in [0.25, 0.3) is 0 Å². The zero-order valence-corrected chi connectivity index (χ0v) is 19.3. The van der Waals surface area contributed by atoms with Gasteiger partial charge in [-0.1, -0.05) is 31.2 Å². The average molecular weight is 455 g/mol. The largest absolute Gasteiger partial charge is 0.508 e. The molecule has 2 aromatic rings. The molecular weight excluding hydrogens is 420 g/mol. The molecule has 0 radical (unpaired) electrons. The third-order valence-corrected chi connectivity index (χ3v) is 7.68. The van der Waals surface area contributed by atoms with E-state index in [2.05, 4.69) is 13.0 Å². The van der Waals surface area contributed by atoms with Crippen molar-refractivity contribution in [1.82, 2.24) is 0 Å². The van der Waals surface area contributed by atoms with Crippen LogP contribution in [0.1, 0.15) is 73.4 Å². The molecule has 33 heavy (non-hydrogen) atoms. The van der Waals surface area contributed by atoms with E-state index in [-0.39, 0.29) is 11.5 Å². The number of fused-ring (bicyclic) bond motifs is 5. The van der Waals surface area contributed by atoms with E-state index in [1.54, 1.807) is 30.3 Å². The van der Waals surface area contributed by atoms with Crippen molar-refractivity contribution in [2.75, 3.05) is 0 Å². The van der Waals surface area contributed by atoms with Crippen LogP contribution in [-0.4, -0.2) is 38.5 Å². The molecule has 0 spiro atoms. The first-order valence-electron chi connectivity index (χ1n) is 11.6. The number of hydrogen-bond acceptors (Lipinski definition) is 4. The minimum atomic E-state index is -0.879. The molecule has 2 saturated carbocycles. The van der Waals surface area contributed by atoms with Crippen LogP contribution in [0.15, 0.2) is 48.5 Å². The lowest BCUT2D eigenvalue weighted by Crippen LogP contribution is -2.43. The zero-order chi connectivity index (χ0) is 24.2. The number of phenolic OH excluding ortho intramolecular Hbond substituents is 1. The Hall–Kier alpha value is -2.86. The standard InChI is InChI=1S/C18H24O2.C7H6O2.C2H4O2/c1-18-9-8-14-13-5-3-12(19)10-11(13)2-4-15(14)16(18)6-7-17(18)20;8-7(9)6-4-2-1-3-5-6;1-2(3)4/h3,5,10,14-17,19-20H,2,4,6-9H2,1H3;1-5H,(H,8,9);1H3,(H,3,4)/t14-,15-,16+,17+,18+;;/m1../s1. The molecule has 2 fully saturated rings. The number of aromatic hydroxyl groups is 1. The molecule has 0 aliphatic heterocycles. The maximum Gasteiger partial charge on any atom is 0.335 e. The Bertz CT molecular complexity index is 968. The van der Waals surface area contributed by atoms with Crippen LogP contribution in [0.4, 0.5) is 0 Å². The normalized spacial score (nSPS) is 29.1. The van der Waals surface area contributed by atoms with Crippen molar-refractivity contribution in [2.24, 2.45) is 17.3 Å². The number of phenols is 1. The van der Waals surface area contributed by atoms with E-state index < -0.39 is 11.9 Å². The first-order chi connectivity index (χ1) is 15.6. The van der Waals surface area contributed by atoms with E-state index in [0.29, 0.717) is 23.1 Å². The highest BCUT2D eigenvalue weighted by Crippen LogP contribution is 2.60. The number of aliphatic hydroxyl groups is 1. The van der Waals surface area contributed by atoms with Crippen molar-refractivity contribution in [3.63, 3.8) is 0 Å². The molecular formula is C27H34O6. The van der Waals surface area contributed by atoms with Gasteiger partial charge in [0, 0.05) is 6.92 Å². The summed E-state index contributed by atoms with van der Waals surface area (Å²) in [6, 6.07) is 14.3. The van der Waals surface area contributed by atoms with Gasteiger partial charge in [-0.25, -0.2) is 4.79 Å². The fourth-order valence-corrected chi connectivity index (χ4v) is 6.12. The predicted octanol–water partition coefficient (Wildman–Crippen LogP) is 5.08. The summed E-state index contributed by atoms with van der Waals surface area (Å²) in [7, 11) is 0. The third-order valence-electron chi connectivity index (χ3n) is 7.68. The zero-order valence-electron chi connectivity index (χ0n) is 19.3. The summed E-state index contributed by atoms with van der Waals surface area (Å²) >= 11 is 0. The van der Waals surface area contributed by atoms with Crippen LogP contribution < -0.4 is 0 Å². The smallest absolute Gasteiger partial charge is 0.335 e. The van der Waals surface area contributed by atoms with Crippen molar-refractivity contribution < 1.29 is 30.0 Å². The van der Waals surface area contributed by atoms with Crippen LogP contribution >= 0.6 is 0 Å². The van der Waals surface area contributed by atoms with Gasteiger partial charge in [0.15, 0.2) is 0 Å². The Labute approximate surface area is 194 Å². The molecule has 0 saturated heterocycles. The molecule has 5 atom stereocenters. The van der Waals surface area contributed by atoms with Crippen LogP contribution in [0.3, 0.4) is 0 Å². The number of aliphatic hydroxyl groups excluding tert-OH is 1. The molecule has 0 bridgehead atoms. The SMILES string of the molecule is CC(=O)O.C[C@]12CC[C@@H]3c4ccc(O)cc4CC[C@H]3[C@@H]1CC[C@@H]2O.O=C(O)c1ccccc1. The number of hydrogen-bond donors (Lipinski definition) is 4. The third kappa shape index (κ3) is 5.56. The maximum atomic E-state index is 10.4. The fraction of sp³-hybridized carbons (Fsp3) is 0.481. The second kappa shape index (κ2) is 10.4. The molecule has 2 aromatic carbocycles. The van der Waals surface area contributed by atoms with Crippen LogP contribution in [0.5, 0.6) is 5.75 Å². The van der Waals surface area contributed by atoms with Gasteiger partial charge in [0.1, 0.15) is 5.75 Å². The Morgan fingerprint density at radius 1 is 0.970 bits per heavy atom. The first kappa shape index (κ1) is 24.8. The van der Waals surface area contributed by atoms with Gasteiger partial charge in [0.2, 0.25) is 0 Å². The maximum absolute atomic E-state index is 10.4. The van der Waals surface area contributed by atoms with Gasteiger partial charge in [0.25, 0.3) is 5.97 Å². The highest BCUT2D eigenvalue weighted by atomic mass is 16.4. The number of carbonyl (C=O) groups is 2. The lowest BCUT2D eigenvalue weighted by molar-refractivity contribution is -0.134. The van der Waals surface area contributed by atoms with Crippen LogP contribution in [0.2, 0.25) is 0 Å². The van der Waals surface area contributed by atoms with E-state index in [4.69, 9.17) is 15.0 Å². The minimum absolute atomic E-state index is 0.0883. The Morgan fingerprint density at radius 2 is 1.64 bits per heavy atom. The molecule has 5 rings (SSSR count). The van der Waals surface area contributed by atoms with Gasteiger partial charge in [0.05, 0.1) is 11.7 Å². The lowest BCUT2D eigenvalue weighted by Gasteiger charge is -2.50. The second-order valence-electron chi connectivity index (χ2n) is 9.63. The monoisotopic (exact) mass is 454 g/mol. The van der Waals surface area contributed by atoms with Crippen molar-refractivity contribution in [3.8, 4) is 5.75 Å². The Morgan fingerprint density at radius 3 is 2.24 bits per heavy atom. The number of rotatable bonds is 1. The molecule has 6 heteroatoms. The Balaban J connectivity index is 0.000000197. The van der Waals surface area contributed by atoms with Gasteiger partial charge in [-0.15, -0.1) is 0 Å². The van der Waals surface area contributed by atoms with Crippen molar-refractivity contribution in [3.05, 3.63) is 65.2 Å². The van der Waals surface area contributed by atoms with E-state index >= 15 is 0 Å². The number of aliphatic carboxylic acids is 1. The first-order valence-corrected chi connectivity index (χ1v) is 11.6. The van der Waals surface area contributed by atoms with Crippen LogP contribution in [-0.2, 0) is 11.2 Å². The highest BCUT2D eigenvalue weighted by molar-refractivity contribution is 5.87. The molecule has 4 N–H and O–H groups in total. The molecule has 3 aliphatic rings.